The van der Waals surface area contributed by atoms with E-state index < -0.39 is 0 Å². The summed E-state index contributed by atoms with van der Waals surface area (Å²) in [5.41, 5.74) is 1.24. The Morgan fingerprint density at radius 3 is 2.89 bits per heavy atom. The van der Waals surface area contributed by atoms with Gasteiger partial charge in [0, 0.05) is 0 Å². The Morgan fingerprint density at radius 2 is 2.11 bits per heavy atom. The lowest BCUT2D eigenvalue weighted by Crippen LogP contribution is -2.35. The van der Waals surface area contributed by atoms with Crippen LogP contribution in [0.5, 0.6) is 5.75 Å². The Balaban J connectivity index is 1.97. The number of anilines is 1. The van der Waals surface area contributed by atoms with E-state index in [0.717, 1.165) is 12.4 Å². The lowest BCUT2D eigenvalue weighted by Gasteiger charge is -2.34. The number of rotatable bonds is 2. The SMILES string of the molecule is CC(c1ccccc1)N1CCOc2cnc(Cl)nc21. The van der Waals surface area contributed by atoms with E-state index in [2.05, 4.69) is 33.9 Å². The summed E-state index contributed by atoms with van der Waals surface area (Å²) in [6, 6.07) is 10.5. The summed E-state index contributed by atoms with van der Waals surface area (Å²) in [6.45, 7) is 3.58. The first-order valence-corrected chi connectivity index (χ1v) is 6.60. The largest absolute Gasteiger partial charge is 0.486 e. The summed E-state index contributed by atoms with van der Waals surface area (Å²) in [6.07, 6.45) is 1.63. The van der Waals surface area contributed by atoms with E-state index in [9.17, 15) is 0 Å². The van der Waals surface area contributed by atoms with Crippen molar-refractivity contribution in [3.05, 3.63) is 47.4 Å². The van der Waals surface area contributed by atoms with Crippen LogP contribution in [0.3, 0.4) is 0 Å². The molecule has 98 valence electrons. The van der Waals surface area contributed by atoms with E-state index in [0.29, 0.717) is 12.4 Å². The second-order valence-corrected chi connectivity index (χ2v) is 4.79. The molecule has 2 aromatic rings. The Labute approximate surface area is 117 Å². The zero-order valence-electron chi connectivity index (χ0n) is 10.6. The molecule has 1 aliphatic heterocycles. The topological polar surface area (TPSA) is 38.2 Å². The minimum Gasteiger partial charge on any atom is -0.486 e. The first-order valence-electron chi connectivity index (χ1n) is 6.22. The second-order valence-electron chi connectivity index (χ2n) is 4.46. The van der Waals surface area contributed by atoms with Crippen LogP contribution in [0.4, 0.5) is 5.82 Å². The van der Waals surface area contributed by atoms with Crippen molar-refractivity contribution in [2.75, 3.05) is 18.1 Å². The van der Waals surface area contributed by atoms with Crippen molar-refractivity contribution in [2.45, 2.75) is 13.0 Å². The molecule has 1 unspecified atom stereocenters. The molecule has 0 saturated carbocycles. The van der Waals surface area contributed by atoms with Crippen molar-refractivity contribution in [2.24, 2.45) is 0 Å². The summed E-state index contributed by atoms with van der Waals surface area (Å²) in [4.78, 5) is 10.5. The van der Waals surface area contributed by atoms with Gasteiger partial charge in [0.15, 0.2) is 11.6 Å². The van der Waals surface area contributed by atoms with E-state index >= 15 is 0 Å². The lowest BCUT2D eigenvalue weighted by atomic mass is 10.1. The number of aromatic nitrogens is 2. The van der Waals surface area contributed by atoms with Gasteiger partial charge in [-0.1, -0.05) is 30.3 Å². The average Bonchev–Trinajstić information content (AvgIpc) is 2.47. The van der Waals surface area contributed by atoms with Crippen LogP contribution in [0.25, 0.3) is 0 Å². The van der Waals surface area contributed by atoms with Gasteiger partial charge in [-0.05, 0) is 24.1 Å². The van der Waals surface area contributed by atoms with Crippen molar-refractivity contribution in [3.63, 3.8) is 0 Å². The number of halogens is 1. The highest BCUT2D eigenvalue weighted by Gasteiger charge is 2.25. The van der Waals surface area contributed by atoms with Gasteiger partial charge in [0.2, 0.25) is 5.28 Å². The van der Waals surface area contributed by atoms with Crippen LogP contribution in [0.1, 0.15) is 18.5 Å². The molecule has 1 aromatic carbocycles. The van der Waals surface area contributed by atoms with E-state index in [4.69, 9.17) is 16.3 Å². The van der Waals surface area contributed by atoms with Gasteiger partial charge in [0.1, 0.15) is 6.61 Å². The molecule has 19 heavy (non-hydrogen) atoms. The maximum Gasteiger partial charge on any atom is 0.224 e. The van der Waals surface area contributed by atoms with Crippen LogP contribution in [0.2, 0.25) is 5.28 Å². The molecule has 0 saturated heterocycles. The molecule has 2 heterocycles. The van der Waals surface area contributed by atoms with Crippen LogP contribution in [0, 0.1) is 0 Å². The van der Waals surface area contributed by atoms with Crippen LogP contribution >= 0.6 is 11.6 Å². The van der Waals surface area contributed by atoms with Gasteiger partial charge in [-0.2, -0.15) is 4.98 Å². The van der Waals surface area contributed by atoms with Gasteiger partial charge in [0.25, 0.3) is 0 Å². The molecule has 1 atom stereocenters. The van der Waals surface area contributed by atoms with Crippen LogP contribution in [-0.4, -0.2) is 23.1 Å². The first-order chi connectivity index (χ1) is 9.25. The van der Waals surface area contributed by atoms with Crippen LogP contribution < -0.4 is 9.64 Å². The van der Waals surface area contributed by atoms with Gasteiger partial charge < -0.3 is 9.64 Å². The van der Waals surface area contributed by atoms with Gasteiger partial charge in [-0.15, -0.1) is 0 Å². The summed E-state index contributed by atoms with van der Waals surface area (Å²) in [5.74, 6) is 1.46. The number of fused-ring (bicyclic) bond motifs is 1. The fourth-order valence-corrected chi connectivity index (χ4v) is 2.43. The molecule has 0 aliphatic carbocycles. The van der Waals surface area contributed by atoms with E-state index in [1.54, 1.807) is 6.20 Å². The summed E-state index contributed by atoms with van der Waals surface area (Å²) >= 11 is 5.89. The molecule has 1 aliphatic rings. The maximum atomic E-state index is 5.89. The second kappa shape index (κ2) is 5.05. The van der Waals surface area contributed by atoms with Crippen LogP contribution in [0.15, 0.2) is 36.5 Å². The number of nitrogens with zero attached hydrogens (tertiary/aromatic N) is 3. The third-order valence-electron chi connectivity index (χ3n) is 3.32. The normalized spacial score (nSPS) is 15.6. The van der Waals surface area contributed by atoms with E-state index in [-0.39, 0.29) is 11.3 Å². The van der Waals surface area contributed by atoms with Gasteiger partial charge >= 0.3 is 0 Å². The summed E-state index contributed by atoms with van der Waals surface area (Å²) in [7, 11) is 0. The predicted octanol–water partition coefficient (Wildman–Crippen LogP) is 3.09. The molecule has 5 heteroatoms. The molecule has 0 amide bonds. The Bertz CT molecular complexity index is 576. The molecular formula is C14H14ClN3O. The smallest absolute Gasteiger partial charge is 0.224 e. The Hall–Kier alpha value is -1.81. The Morgan fingerprint density at radius 1 is 1.32 bits per heavy atom. The predicted molar refractivity (Wildman–Crippen MR) is 74.7 cm³/mol. The lowest BCUT2D eigenvalue weighted by molar-refractivity contribution is 0.297. The molecule has 3 rings (SSSR count). The molecule has 0 bridgehead atoms. The van der Waals surface area contributed by atoms with Crippen molar-refractivity contribution in [3.8, 4) is 5.75 Å². The van der Waals surface area contributed by atoms with Crippen molar-refractivity contribution >= 4 is 17.4 Å². The molecule has 0 fully saturated rings. The number of hydrogen-bond acceptors (Lipinski definition) is 4. The fourth-order valence-electron chi connectivity index (χ4n) is 2.30. The van der Waals surface area contributed by atoms with Gasteiger partial charge in [-0.25, -0.2) is 4.98 Å². The maximum absolute atomic E-state index is 5.89. The zero-order valence-corrected chi connectivity index (χ0v) is 11.3. The molecule has 4 nitrogen and oxygen atoms in total. The average molecular weight is 276 g/mol. The fraction of sp³-hybridized carbons (Fsp3) is 0.286. The van der Waals surface area contributed by atoms with Crippen molar-refractivity contribution in [1.29, 1.82) is 0 Å². The molecule has 1 aromatic heterocycles. The highest BCUT2D eigenvalue weighted by Crippen LogP contribution is 2.35. The van der Waals surface area contributed by atoms with E-state index in [1.807, 2.05) is 18.2 Å². The monoisotopic (exact) mass is 275 g/mol. The highest BCUT2D eigenvalue weighted by molar-refractivity contribution is 6.28. The quantitative estimate of drug-likeness (QED) is 0.790. The van der Waals surface area contributed by atoms with Gasteiger partial charge in [-0.3, -0.25) is 0 Å². The minimum atomic E-state index is 0.217. The number of ether oxygens (including phenoxy) is 1. The highest BCUT2D eigenvalue weighted by atomic mass is 35.5. The first kappa shape index (κ1) is 12.2. The molecular weight excluding hydrogens is 262 g/mol. The van der Waals surface area contributed by atoms with Crippen molar-refractivity contribution in [1.82, 2.24) is 9.97 Å². The standard InChI is InChI=1S/C14H14ClN3O/c1-10(11-5-3-2-4-6-11)18-7-8-19-12-9-16-14(15)17-13(12)18/h2-6,9-10H,7-8H2,1H3. The summed E-state index contributed by atoms with van der Waals surface area (Å²) in [5, 5.41) is 0.245. The Kier molecular flexibility index (Phi) is 3.25. The summed E-state index contributed by atoms with van der Waals surface area (Å²) < 4.78 is 5.57. The third kappa shape index (κ3) is 2.36. The zero-order chi connectivity index (χ0) is 13.2. The van der Waals surface area contributed by atoms with Crippen LogP contribution in [-0.2, 0) is 0 Å². The minimum absolute atomic E-state index is 0.217. The van der Waals surface area contributed by atoms with E-state index in [1.165, 1.54) is 5.56 Å². The third-order valence-corrected chi connectivity index (χ3v) is 3.50. The number of hydrogen-bond donors (Lipinski definition) is 0. The molecule has 0 N–H and O–H groups in total. The molecule has 0 spiro atoms. The van der Waals surface area contributed by atoms with Gasteiger partial charge in [0.05, 0.1) is 18.8 Å². The number of benzene rings is 1. The molecule has 0 radical (unpaired) electrons. The van der Waals surface area contributed by atoms with Crippen molar-refractivity contribution < 1.29 is 4.74 Å².